The molecule has 0 bridgehead atoms. The van der Waals surface area contributed by atoms with E-state index in [2.05, 4.69) is 5.32 Å². The van der Waals surface area contributed by atoms with Crippen molar-refractivity contribution in [2.45, 2.75) is 39.2 Å². The van der Waals surface area contributed by atoms with E-state index < -0.39 is 43.1 Å². The number of carbonyl (C=O) groups excluding carboxylic acids is 4. The minimum atomic E-state index is -1.21. The van der Waals surface area contributed by atoms with Crippen molar-refractivity contribution < 1.29 is 34.2 Å². The van der Waals surface area contributed by atoms with Gasteiger partial charge in [0.25, 0.3) is 0 Å². The maximum atomic E-state index is 12.3. The van der Waals surface area contributed by atoms with Crippen LogP contribution in [0.15, 0.2) is 0 Å². The number of rotatable bonds is 9. The quantitative estimate of drug-likeness (QED) is 0.420. The van der Waals surface area contributed by atoms with E-state index in [1.54, 1.807) is 0 Å². The van der Waals surface area contributed by atoms with Crippen LogP contribution < -0.4 is 10.6 Å². The Labute approximate surface area is 144 Å². The van der Waals surface area contributed by atoms with Crippen LogP contribution in [0.25, 0.3) is 0 Å². The number of carbonyl (C=O) groups is 5. The molecule has 0 aromatic heterocycles. The largest absolute Gasteiger partial charge is 0.481 e. The van der Waals surface area contributed by atoms with Crippen molar-refractivity contribution in [2.75, 3.05) is 19.6 Å². The second-order valence-corrected chi connectivity index (χ2v) is 5.22. The zero-order chi connectivity index (χ0) is 19.4. The third-order valence-corrected chi connectivity index (χ3v) is 2.93. The second-order valence-electron chi connectivity index (χ2n) is 5.22. The minimum absolute atomic E-state index is 0.0533. The molecule has 0 rings (SSSR count). The molecule has 0 saturated carbocycles. The molecule has 7 amide bonds. The average Bonchev–Trinajstić information content (AvgIpc) is 2.53. The summed E-state index contributed by atoms with van der Waals surface area (Å²) >= 11 is 0. The molecular formula is C14H24N4O7. The number of hydrogen-bond acceptors (Lipinski definition) is 6. The molecule has 0 aromatic rings. The van der Waals surface area contributed by atoms with Crippen LogP contribution in [0, 0.1) is 0 Å². The van der Waals surface area contributed by atoms with Gasteiger partial charge in [0.1, 0.15) is 0 Å². The normalized spacial score (nSPS) is 11.2. The first-order chi connectivity index (χ1) is 11.7. The summed E-state index contributed by atoms with van der Waals surface area (Å²) in [5.74, 6) is -1.21. The molecule has 0 aliphatic heterocycles. The topological polar surface area (TPSA) is 156 Å². The van der Waals surface area contributed by atoms with Gasteiger partial charge >= 0.3 is 24.1 Å². The summed E-state index contributed by atoms with van der Waals surface area (Å²) in [7, 11) is 0. The van der Waals surface area contributed by atoms with Crippen LogP contribution in [0.5, 0.6) is 0 Å². The molecule has 0 aliphatic rings. The summed E-state index contributed by atoms with van der Waals surface area (Å²) in [6.07, 6.45) is -0.0879. The predicted molar refractivity (Wildman–Crippen MR) is 85.6 cm³/mol. The van der Waals surface area contributed by atoms with Crippen LogP contribution in [-0.4, -0.2) is 76.2 Å². The molecule has 4 N–H and O–H groups in total. The molecule has 142 valence electrons. The molecule has 0 heterocycles. The van der Waals surface area contributed by atoms with Crippen LogP contribution in [0.3, 0.4) is 0 Å². The number of carboxylic acids is 1. The van der Waals surface area contributed by atoms with E-state index in [0.717, 1.165) is 0 Å². The molecule has 1 atom stereocenters. The number of hydrogen-bond donors (Lipinski definition) is 4. The van der Waals surface area contributed by atoms with Gasteiger partial charge < -0.3 is 15.5 Å². The van der Waals surface area contributed by atoms with Crippen molar-refractivity contribution in [1.82, 2.24) is 20.4 Å². The van der Waals surface area contributed by atoms with E-state index in [0.29, 0.717) is 22.6 Å². The van der Waals surface area contributed by atoms with Crippen molar-refractivity contribution in [1.29, 1.82) is 0 Å². The third kappa shape index (κ3) is 9.25. The Hall–Kier alpha value is -2.69. The van der Waals surface area contributed by atoms with Gasteiger partial charge in [-0.05, 0) is 13.3 Å². The van der Waals surface area contributed by atoms with Crippen molar-refractivity contribution in [2.24, 2.45) is 0 Å². The third-order valence-electron chi connectivity index (χ3n) is 2.93. The maximum Gasteiger partial charge on any atom is 0.334 e. The van der Waals surface area contributed by atoms with Gasteiger partial charge in [-0.25, -0.2) is 19.3 Å². The zero-order valence-corrected chi connectivity index (χ0v) is 14.2. The Morgan fingerprint density at radius 1 is 1.20 bits per heavy atom. The van der Waals surface area contributed by atoms with E-state index in [-0.39, 0.29) is 19.5 Å². The van der Waals surface area contributed by atoms with Gasteiger partial charge in [0.05, 0.1) is 12.5 Å². The second kappa shape index (κ2) is 11.8. The van der Waals surface area contributed by atoms with Crippen LogP contribution in [-0.2, 0) is 9.59 Å². The number of amides is 7. The molecule has 11 nitrogen and oxygen atoms in total. The molecule has 25 heavy (non-hydrogen) atoms. The van der Waals surface area contributed by atoms with Gasteiger partial charge in [-0.2, -0.15) is 0 Å². The van der Waals surface area contributed by atoms with E-state index in [9.17, 15) is 24.0 Å². The number of nitrogens with zero attached hydrogens (tertiary/aromatic N) is 2. The fourth-order valence-electron chi connectivity index (χ4n) is 1.61. The summed E-state index contributed by atoms with van der Waals surface area (Å²) in [5, 5.41) is 21.8. The standard InChI is InChI=1S/C14H24N4O7/c1-3-4-6-18(13(24)16-12(23)15-8-10(2)20)14(25)17(9-19)7-5-11(21)22/h9-10,20H,3-8H2,1-2H3,(H,21,22)(H2,15,16,23,24). The van der Waals surface area contributed by atoms with Gasteiger partial charge in [-0.3, -0.25) is 19.8 Å². The Morgan fingerprint density at radius 2 is 1.84 bits per heavy atom. The van der Waals surface area contributed by atoms with Crippen molar-refractivity contribution in [3.8, 4) is 0 Å². The summed E-state index contributed by atoms with van der Waals surface area (Å²) in [6.45, 7) is 2.70. The lowest BCUT2D eigenvalue weighted by Gasteiger charge is -2.25. The van der Waals surface area contributed by atoms with Gasteiger partial charge in [0, 0.05) is 19.6 Å². The number of nitrogens with one attached hydrogen (secondary N) is 2. The number of carboxylic acid groups (broad SMARTS) is 1. The SMILES string of the molecule is CCCCN(C(=O)NC(=O)NCC(C)O)C(=O)N(C=O)CCC(=O)O. The van der Waals surface area contributed by atoms with E-state index >= 15 is 0 Å². The molecule has 11 heteroatoms. The summed E-state index contributed by atoms with van der Waals surface area (Å²) in [6, 6.07) is -2.99. The molecule has 0 fully saturated rings. The molecule has 0 spiro atoms. The Morgan fingerprint density at radius 3 is 2.32 bits per heavy atom. The van der Waals surface area contributed by atoms with Crippen molar-refractivity contribution in [3.05, 3.63) is 0 Å². The summed E-state index contributed by atoms with van der Waals surface area (Å²) in [5.41, 5.74) is 0. The molecule has 0 aromatic carbocycles. The van der Waals surface area contributed by atoms with E-state index in [1.807, 2.05) is 12.2 Å². The fourth-order valence-corrected chi connectivity index (χ4v) is 1.61. The first-order valence-corrected chi connectivity index (χ1v) is 7.75. The Bertz CT molecular complexity index is 496. The highest BCUT2D eigenvalue weighted by atomic mass is 16.4. The maximum absolute atomic E-state index is 12.3. The lowest BCUT2D eigenvalue weighted by molar-refractivity contribution is -0.137. The van der Waals surface area contributed by atoms with Gasteiger partial charge in [0.2, 0.25) is 6.41 Å². The average molecular weight is 360 g/mol. The number of aliphatic hydroxyl groups is 1. The highest BCUT2D eigenvalue weighted by Crippen LogP contribution is 2.03. The van der Waals surface area contributed by atoms with Gasteiger partial charge in [-0.1, -0.05) is 13.3 Å². The summed E-state index contributed by atoms with van der Waals surface area (Å²) in [4.78, 5) is 58.7. The number of aliphatic hydroxyl groups excluding tert-OH is 1. The number of urea groups is 3. The predicted octanol–water partition coefficient (Wildman–Crippen LogP) is -0.0584. The van der Waals surface area contributed by atoms with Crippen LogP contribution >= 0.6 is 0 Å². The Balaban J connectivity index is 4.96. The molecular weight excluding hydrogens is 336 g/mol. The molecule has 1 unspecified atom stereocenters. The summed E-state index contributed by atoms with van der Waals surface area (Å²) < 4.78 is 0. The van der Waals surface area contributed by atoms with E-state index in [4.69, 9.17) is 10.2 Å². The van der Waals surface area contributed by atoms with E-state index in [1.165, 1.54) is 6.92 Å². The molecule has 0 radical (unpaired) electrons. The number of unbranched alkanes of at least 4 members (excludes halogenated alkanes) is 1. The van der Waals surface area contributed by atoms with Crippen LogP contribution in [0.1, 0.15) is 33.1 Å². The lowest BCUT2D eigenvalue weighted by atomic mass is 10.3. The van der Waals surface area contributed by atoms with Crippen molar-refractivity contribution >= 4 is 30.5 Å². The highest BCUT2D eigenvalue weighted by Gasteiger charge is 2.27. The first-order valence-electron chi connectivity index (χ1n) is 7.75. The number of imide groups is 3. The lowest BCUT2D eigenvalue weighted by Crippen LogP contribution is -2.53. The van der Waals surface area contributed by atoms with Crippen LogP contribution in [0.2, 0.25) is 0 Å². The van der Waals surface area contributed by atoms with Crippen LogP contribution in [0.4, 0.5) is 14.4 Å². The Kier molecular flexibility index (Phi) is 10.5. The minimum Gasteiger partial charge on any atom is -0.481 e. The first kappa shape index (κ1) is 22.3. The van der Waals surface area contributed by atoms with Crippen molar-refractivity contribution in [3.63, 3.8) is 0 Å². The fraction of sp³-hybridized carbons (Fsp3) is 0.643. The monoisotopic (exact) mass is 360 g/mol. The van der Waals surface area contributed by atoms with Gasteiger partial charge in [0.15, 0.2) is 0 Å². The number of aliphatic carboxylic acids is 1. The van der Waals surface area contributed by atoms with Gasteiger partial charge in [-0.15, -0.1) is 0 Å². The smallest absolute Gasteiger partial charge is 0.334 e. The zero-order valence-electron chi connectivity index (χ0n) is 14.2. The molecule has 0 aliphatic carbocycles. The molecule has 0 saturated heterocycles. The highest BCUT2D eigenvalue weighted by molar-refractivity contribution is 6.03.